The van der Waals surface area contributed by atoms with Gasteiger partial charge in [0.1, 0.15) is 29.6 Å². The number of H-pyrrole nitrogens is 1. The van der Waals surface area contributed by atoms with Crippen LogP contribution in [0.3, 0.4) is 0 Å². The number of para-hydroxylation sites is 1. The highest BCUT2D eigenvalue weighted by atomic mass is 19.1. The van der Waals surface area contributed by atoms with Crippen LogP contribution in [0.5, 0.6) is 17.2 Å². The first-order valence-electron chi connectivity index (χ1n) is 11.7. The lowest BCUT2D eigenvalue weighted by molar-refractivity contribution is -0.136. The van der Waals surface area contributed by atoms with E-state index in [1.807, 2.05) is 13.0 Å². The summed E-state index contributed by atoms with van der Waals surface area (Å²) >= 11 is 0. The molecule has 7 nitrogen and oxygen atoms in total. The lowest BCUT2D eigenvalue weighted by atomic mass is 9.81. The molecule has 2 N–H and O–H groups in total. The van der Waals surface area contributed by atoms with E-state index in [0.717, 1.165) is 17.7 Å². The molecule has 6 rings (SSSR count). The Labute approximate surface area is 214 Å². The molecule has 0 saturated heterocycles. The highest BCUT2D eigenvalue weighted by Crippen LogP contribution is 2.44. The number of benzene rings is 3. The van der Waals surface area contributed by atoms with Crippen molar-refractivity contribution in [3.8, 4) is 22.9 Å². The number of nitrogens with zero attached hydrogens (tertiary/aromatic N) is 2. The number of fused-ring (bicyclic) bond motifs is 2. The van der Waals surface area contributed by atoms with E-state index in [4.69, 9.17) is 9.47 Å². The maximum absolute atomic E-state index is 14.9. The lowest BCUT2D eigenvalue weighted by Gasteiger charge is -2.20. The third kappa shape index (κ3) is 3.76. The first-order valence-corrected chi connectivity index (χ1v) is 11.7. The van der Waals surface area contributed by atoms with Crippen LogP contribution in [0.4, 0.5) is 13.2 Å². The van der Waals surface area contributed by atoms with Gasteiger partial charge >= 0.3 is 5.97 Å². The monoisotopic (exact) mass is 519 g/mol. The van der Waals surface area contributed by atoms with Crippen molar-refractivity contribution in [2.24, 2.45) is 0 Å². The van der Waals surface area contributed by atoms with Crippen molar-refractivity contribution in [2.75, 3.05) is 6.61 Å². The molecule has 0 unspecified atom stereocenters. The van der Waals surface area contributed by atoms with E-state index >= 15 is 0 Å². The first kappa shape index (κ1) is 23.7. The predicted octanol–water partition coefficient (Wildman–Crippen LogP) is 5.89. The molecule has 2 aromatic heterocycles. The number of carboxylic acids is 1. The van der Waals surface area contributed by atoms with Crippen LogP contribution in [0, 0.1) is 17.5 Å². The molecule has 3 heterocycles. The number of aliphatic carboxylic acids is 1. The van der Waals surface area contributed by atoms with E-state index in [0.29, 0.717) is 17.0 Å². The SMILES string of the molecule is C[C@@]1(c2ccn(-c3cc(Oc4c(F)cc5[nH]ccc5c4F)ccc3F)n2)COc2c(CC(=O)O)cccc21. The average Bonchev–Trinajstić information content (AvgIpc) is 3.63. The van der Waals surface area contributed by atoms with Crippen LogP contribution in [0.1, 0.15) is 23.7 Å². The number of rotatable bonds is 6. The molecule has 0 radical (unpaired) electrons. The van der Waals surface area contributed by atoms with Crippen molar-refractivity contribution in [3.05, 3.63) is 101 Å². The summed E-state index contributed by atoms with van der Waals surface area (Å²) in [4.78, 5) is 14.0. The van der Waals surface area contributed by atoms with Crippen LogP contribution < -0.4 is 9.47 Å². The highest BCUT2D eigenvalue weighted by Gasteiger charge is 2.41. The van der Waals surface area contributed by atoms with Gasteiger partial charge < -0.3 is 19.6 Å². The Morgan fingerprint density at radius 1 is 1.16 bits per heavy atom. The molecule has 1 atom stereocenters. The Balaban J connectivity index is 1.34. The van der Waals surface area contributed by atoms with Gasteiger partial charge in [-0.3, -0.25) is 4.79 Å². The average molecular weight is 519 g/mol. The van der Waals surface area contributed by atoms with Crippen molar-refractivity contribution in [1.29, 1.82) is 0 Å². The van der Waals surface area contributed by atoms with E-state index in [1.54, 1.807) is 24.4 Å². The van der Waals surface area contributed by atoms with Gasteiger partial charge in [0.2, 0.25) is 0 Å². The van der Waals surface area contributed by atoms with E-state index in [9.17, 15) is 23.1 Å². The van der Waals surface area contributed by atoms with Gasteiger partial charge in [0.05, 0.1) is 23.0 Å². The second-order valence-electron chi connectivity index (χ2n) is 9.29. The summed E-state index contributed by atoms with van der Waals surface area (Å²) in [7, 11) is 0. The quantitative estimate of drug-likeness (QED) is 0.292. The number of nitrogens with one attached hydrogen (secondary N) is 1. The fraction of sp³-hybridized carbons (Fsp3) is 0.143. The number of aromatic amines is 1. The summed E-state index contributed by atoms with van der Waals surface area (Å²) < 4.78 is 57.0. The van der Waals surface area contributed by atoms with Crippen LogP contribution in [0.15, 0.2) is 67.0 Å². The fourth-order valence-electron chi connectivity index (χ4n) is 4.81. The van der Waals surface area contributed by atoms with Gasteiger partial charge in [-0.25, -0.2) is 17.9 Å². The Morgan fingerprint density at radius 2 is 2.00 bits per heavy atom. The maximum Gasteiger partial charge on any atom is 0.307 e. The number of ether oxygens (including phenoxy) is 2. The van der Waals surface area contributed by atoms with Gasteiger partial charge in [-0.15, -0.1) is 0 Å². The third-order valence-electron chi connectivity index (χ3n) is 6.78. The Kier molecular flexibility index (Phi) is 5.41. The normalized spacial score (nSPS) is 16.4. The molecule has 3 aromatic carbocycles. The molecule has 0 aliphatic carbocycles. The van der Waals surface area contributed by atoms with E-state index in [-0.39, 0.29) is 35.4 Å². The molecule has 10 heteroatoms. The van der Waals surface area contributed by atoms with Crippen molar-refractivity contribution >= 4 is 16.9 Å². The third-order valence-corrected chi connectivity index (χ3v) is 6.78. The number of aromatic nitrogens is 3. The van der Waals surface area contributed by atoms with E-state index in [1.165, 1.54) is 29.1 Å². The van der Waals surface area contributed by atoms with Crippen molar-refractivity contribution < 1.29 is 32.5 Å². The minimum Gasteiger partial charge on any atom is -0.492 e. The smallest absolute Gasteiger partial charge is 0.307 e. The van der Waals surface area contributed by atoms with Crippen molar-refractivity contribution in [2.45, 2.75) is 18.8 Å². The van der Waals surface area contributed by atoms with Crippen LogP contribution in [0.25, 0.3) is 16.6 Å². The number of carboxylic acid groups (broad SMARTS) is 1. The van der Waals surface area contributed by atoms with Crippen LogP contribution in [-0.4, -0.2) is 32.4 Å². The van der Waals surface area contributed by atoms with Gasteiger partial charge in [0.25, 0.3) is 0 Å². The van der Waals surface area contributed by atoms with Crippen LogP contribution in [0.2, 0.25) is 0 Å². The zero-order valence-electron chi connectivity index (χ0n) is 20.0. The Bertz CT molecular complexity index is 1730. The molecule has 0 fully saturated rings. The van der Waals surface area contributed by atoms with Gasteiger partial charge in [-0.1, -0.05) is 18.2 Å². The fourth-order valence-corrected chi connectivity index (χ4v) is 4.81. The second kappa shape index (κ2) is 8.69. The number of carbonyl (C=O) groups is 1. The summed E-state index contributed by atoms with van der Waals surface area (Å²) in [5, 5.41) is 14.0. The maximum atomic E-state index is 14.9. The molecule has 1 aliphatic rings. The minimum atomic E-state index is -0.967. The van der Waals surface area contributed by atoms with Gasteiger partial charge in [-0.2, -0.15) is 5.10 Å². The molecule has 0 bridgehead atoms. The number of hydrogen-bond donors (Lipinski definition) is 2. The zero-order chi connectivity index (χ0) is 26.6. The number of hydrogen-bond acceptors (Lipinski definition) is 4. The molecular weight excluding hydrogens is 499 g/mol. The summed E-state index contributed by atoms with van der Waals surface area (Å²) in [6.07, 6.45) is 2.88. The second-order valence-corrected chi connectivity index (χ2v) is 9.29. The predicted molar refractivity (Wildman–Crippen MR) is 132 cm³/mol. The van der Waals surface area contributed by atoms with Crippen molar-refractivity contribution in [3.63, 3.8) is 0 Å². The molecule has 0 saturated carbocycles. The largest absolute Gasteiger partial charge is 0.492 e. The van der Waals surface area contributed by atoms with E-state index < -0.39 is 34.6 Å². The van der Waals surface area contributed by atoms with Gasteiger partial charge in [-0.05, 0) is 31.2 Å². The number of halogens is 3. The Morgan fingerprint density at radius 3 is 2.82 bits per heavy atom. The molecule has 5 aromatic rings. The van der Waals surface area contributed by atoms with Crippen molar-refractivity contribution in [1.82, 2.24) is 14.8 Å². The molecule has 0 amide bonds. The first-order chi connectivity index (χ1) is 18.2. The van der Waals surface area contributed by atoms with Gasteiger partial charge in [0.15, 0.2) is 17.4 Å². The van der Waals surface area contributed by atoms with E-state index in [2.05, 4.69) is 10.1 Å². The summed E-state index contributed by atoms with van der Waals surface area (Å²) in [5.74, 6) is -3.43. The Hall–Kier alpha value is -4.73. The topological polar surface area (TPSA) is 89.4 Å². The molecule has 1 aliphatic heterocycles. The summed E-state index contributed by atoms with van der Waals surface area (Å²) in [6.45, 7) is 2.14. The summed E-state index contributed by atoms with van der Waals surface area (Å²) in [6, 6.07) is 13.3. The molecular formula is C28H20F3N3O4. The van der Waals surface area contributed by atoms with Gasteiger partial charge in [0, 0.05) is 41.0 Å². The lowest BCUT2D eigenvalue weighted by Crippen LogP contribution is -2.26. The molecule has 0 spiro atoms. The molecule has 38 heavy (non-hydrogen) atoms. The highest BCUT2D eigenvalue weighted by molar-refractivity contribution is 5.82. The minimum absolute atomic E-state index is 0.0136. The van der Waals surface area contributed by atoms with Crippen LogP contribution in [-0.2, 0) is 16.6 Å². The summed E-state index contributed by atoms with van der Waals surface area (Å²) in [5.41, 5.74) is 1.51. The molecule has 192 valence electrons. The standard InChI is InChI=1S/C28H20F3N3O4/c1-28(14-37-26-15(11-24(35)36)3-2-4-18(26)28)23-8-10-34(33-23)22-12-16(5-6-19(22)29)38-27-20(30)13-21-17(25(27)31)7-9-32-21/h2-10,12-13,32H,11,14H2,1H3,(H,35,36)/t28-/m1/s1. The zero-order valence-corrected chi connectivity index (χ0v) is 20.0. The van der Waals surface area contributed by atoms with Crippen LogP contribution >= 0.6 is 0 Å².